The highest BCUT2D eigenvalue weighted by Gasteiger charge is 2.09. The summed E-state index contributed by atoms with van der Waals surface area (Å²) < 4.78 is 0.791. The highest BCUT2D eigenvalue weighted by atomic mass is 35.5. The molecule has 0 unspecified atom stereocenters. The number of anilines is 1. The molecule has 2 aromatic carbocycles. The number of carbonyl (C=O) groups excluding carboxylic acids is 1. The number of nitro benzene ring substituents is 1. The number of carbonyl (C=O) groups is 1. The zero-order valence-electron chi connectivity index (χ0n) is 12.1. The van der Waals surface area contributed by atoms with E-state index in [1.807, 2.05) is 0 Å². The van der Waals surface area contributed by atoms with E-state index in [9.17, 15) is 14.9 Å². The molecule has 3 aromatic rings. The van der Waals surface area contributed by atoms with Crippen LogP contribution in [0.25, 0.3) is 16.3 Å². The van der Waals surface area contributed by atoms with Gasteiger partial charge in [0.15, 0.2) is 0 Å². The molecule has 1 N–H and O–H groups in total. The van der Waals surface area contributed by atoms with Crippen molar-refractivity contribution >= 4 is 56.5 Å². The minimum absolute atomic E-state index is 0.0263. The number of non-ortho nitro benzene ring substituents is 1. The lowest BCUT2D eigenvalue weighted by molar-refractivity contribution is -0.384. The first kappa shape index (κ1) is 16.1. The summed E-state index contributed by atoms with van der Waals surface area (Å²) in [5.74, 6) is -0.349. The average molecular weight is 360 g/mol. The van der Waals surface area contributed by atoms with Crippen molar-refractivity contribution in [3.05, 3.63) is 68.7 Å². The van der Waals surface area contributed by atoms with Gasteiger partial charge in [0, 0.05) is 18.2 Å². The first-order chi connectivity index (χ1) is 11.5. The highest BCUT2D eigenvalue weighted by molar-refractivity contribution is 7.17. The predicted octanol–water partition coefficient (Wildman–Crippen LogP) is 4.51. The second-order valence-electron chi connectivity index (χ2n) is 4.80. The number of halogens is 1. The van der Waals surface area contributed by atoms with Gasteiger partial charge in [-0.25, -0.2) is 4.98 Å². The van der Waals surface area contributed by atoms with Crippen LogP contribution in [0.1, 0.15) is 5.56 Å². The van der Waals surface area contributed by atoms with Gasteiger partial charge in [0.2, 0.25) is 5.91 Å². The molecular weight excluding hydrogens is 350 g/mol. The summed E-state index contributed by atoms with van der Waals surface area (Å²) in [5, 5.41) is 14.0. The Bertz CT molecular complexity index is 968. The number of hydrogen-bond acceptors (Lipinski definition) is 5. The van der Waals surface area contributed by atoms with Crippen LogP contribution in [0.15, 0.2) is 48.0 Å². The van der Waals surface area contributed by atoms with Gasteiger partial charge in [0.05, 0.1) is 25.8 Å². The molecule has 0 aliphatic heterocycles. The number of nitrogens with one attached hydrogen (secondary N) is 1. The Morgan fingerprint density at radius 2 is 2.17 bits per heavy atom. The fourth-order valence-corrected chi connectivity index (χ4v) is 3.15. The Balaban J connectivity index is 1.78. The van der Waals surface area contributed by atoms with E-state index in [2.05, 4.69) is 10.3 Å². The number of hydrogen-bond donors (Lipinski definition) is 1. The van der Waals surface area contributed by atoms with Crippen molar-refractivity contribution in [1.29, 1.82) is 0 Å². The number of thiazole rings is 1. The smallest absolute Gasteiger partial charge is 0.270 e. The second kappa shape index (κ2) is 6.77. The number of rotatable bonds is 4. The Hall–Kier alpha value is -2.77. The molecule has 6 nitrogen and oxygen atoms in total. The summed E-state index contributed by atoms with van der Waals surface area (Å²) in [6, 6.07) is 9.42. The van der Waals surface area contributed by atoms with E-state index in [0.717, 1.165) is 4.70 Å². The predicted molar refractivity (Wildman–Crippen MR) is 95.4 cm³/mol. The maximum atomic E-state index is 12.1. The maximum Gasteiger partial charge on any atom is 0.270 e. The lowest BCUT2D eigenvalue weighted by atomic mass is 10.2. The van der Waals surface area contributed by atoms with Crippen LogP contribution in [-0.4, -0.2) is 15.8 Å². The highest BCUT2D eigenvalue weighted by Crippen LogP contribution is 2.32. The zero-order valence-corrected chi connectivity index (χ0v) is 13.7. The van der Waals surface area contributed by atoms with Crippen molar-refractivity contribution in [3.63, 3.8) is 0 Å². The van der Waals surface area contributed by atoms with Crippen LogP contribution < -0.4 is 5.32 Å². The Morgan fingerprint density at radius 3 is 2.96 bits per heavy atom. The summed E-state index contributed by atoms with van der Waals surface area (Å²) in [5.41, 5.74) is 3.46. The Kier molecular flexibility index (Phi) is 4.54. The zero-order chi connectivity index (χ0) is 17.1. The van der Waals surface area contributed by atoms with Gasteiger partial charge in [-0.3, -0.25) is 14.9 Å². The molecule has 0 saturated heterocycles. The number of aromatic nitrogens is 1. The van der Waals surface area contributed by atoms with E-state index in [-0.39, 0.29) is 11.6 Å². The van der Waals surface area contributed by atoms with Gasteiger partial charge in [-0.2, -0.15) is 0 Å². The molecular formula is C16H10ClN3O3S. The molecule has 0 aliphatic carbocycles. The van der Waals surface area contributed by atoms with Crippen LogP contribution in [0.4, 0.5) is 11.4 Å². The molecule has 120 valence electrons. The molecule has 0 atom stereocenters. The van der Waals surface area contributed by atoms with Gasteiger partial charge in [-0.05, 0) is 23.8 Å². The molecule has 0 bridgehead atoms. The van der Waals surface area contributed by atoms with Crippen LogP contribution in [0.3, 0.4) is 0 Å². The molecule has 8 heteroatoms. The topological polar surface area (TPSA) is 85.1 Å². The quantitative estimate of drug-likeness (QED) is 0.422. The number of fused-ring (bicyclic) bond motifs is 1. The second-order valence-corrected chi connectivity index (χ2v) is 6.06. The van der Waals surface area contributed by atoms with Gasteiger partial charge < -0.3 is 5.32 Å². The van der Waals surface area contributed by atoms with Crippen LogP contribution in [0, 0.1) is 10.1 Å². The molecule has 0 spiro atoms. The van der Waals surface area contributed by atoms with Gasteiger partial charge in [0.25, 0.3) is 5.69 Å². The Labute approximate surface area is 145 Å². The maximum absolute atomic E-state index is 12.1. The summed E-state index contributed by atoms with van der Waals surface area (Å²) in [4.78, 5) is 26.5. The average Bonchev–Trinajstić information content (AvgIpc) is 3.07. The van der Waals surface area contributed by atoms with Gasteiger partial charge in [-0.15, -0.1) is 11.3 Å². The van der Waals surface area contributed by atoms with Crippen LogP contribution >= 0.6 is 22.9 Å². The summed E-state index contributed by atoms with van der Waals surface area (Å²) in [6.07, 6.45) is 2.84. The molecule has 1 amide bonds. The number of amides is 1. The van der Waals surface area contributed by atoms with Gasteiger partial charge in [-0.1, -0.05) is 23.7 Å². The van der Waals surface area contributed by atoms with E-state index in [1.165, 1.54) is 35.6 Å². The van der Waals surface area contributed by atoms with Crippen LogP contribution in [0.2, 0.25) is 5.02 Å². The molecule has 1 heterocycles. The van der Waals surface area contributed by atoms with Crippen molar-refractivity contribution < 1.29 is 9.72 Å². The largest absolute Gasteiger partial charge is 0.321 e. The van der Waals surface area contributed by atoms with Crippen LogP contribution in [0.5, 0.6) is 0 Å². The minimum Gasteiger partial charge on any atom is -0.321 e. The van der Waals surface area contributed by atoms with Gasteiger partial charge in [0.1, 0.15) is 5.52 Å². The molecule has 0 saturated carbocycles. The fraction of sp³-hybridized carbons (Fsp3) is 0. The van der Waals surface area contributed by atoms with Crippen molar-refractivity contribution in [2.45, 2.75) is 0 Å². The minimum atomic E-state index is -0.481. The van der Waals surface area contributed by atoms with E-state index in [4.69, 9.17) is 11.6 Å². The number of benzene rings is 2. The fourth-order valence-electron chi connectivity index (χ4n) is 2.11. The molecule has 0 radical (unpaired) electrons. The molecule has 24 heavy (non-hydrogen) atoms. The SMILES string of the molecule is O=C(C=Cc1cccc([N+](=O)[O-])c1)Nc1ccc(Cl)c2ncsc12. The van der Waals surface area contributed by atoms with Crippen molar-refractivity contribution in [1.82, 2.24) is 4.98 Å². The van der Waals surface area contributed by atoms with E-state index < -0.39 is 4.92 Å². The first-order valence-corrected chi connectivity index (χ1v) is 8.05. The molecule has 3 rings (SSSR count). The van der Waals surface area contributed by atoms with E-state index >= 15 is 0 Å². The monoisotopic (exact) mass is 359 g/mol. The number of nitro groups is 1. The van der Waals surface area contributed by atoms with E-state index in [0.29, 0.717) is 21.8 Å². The third kappa shape index (κ3) is 3.42. The lowest BCUT2D eigenvalue weighted by Gasteiger charge is -2.04. The third-order valence-corrected chi connectivity index (χ3v) is 4.37. The first-order valence-electron chi connectivity index (χ1n) is 6.80. The number of nitrogens with zero attached hydrogens (tertiary/aromatic N) is 2. The summed E-state index contributed by atoms with van der Waals surface area (Å²) in [6.45, 7) is 0. The van der Waals surface area contributed by atoms with Crippen molar-refractivity contribution in [2.75, 3.05) is 5.32 Å². The van der Waals surface area contributed by atoms with Crippen LogP contribution in [-0.2, 0) is 4.79 Å². The standard InChI is InChI=1S/C16H10ClN3O3S/c17-12-5-6-13(16-15(12)18-9-24-16)19-14(21)7-4-10-2-1-3-11(8-10)20(22)23/h1-9H,(H,19,21). The summed E-state index contributed by atoms with van der Waals surface area (Å²) >= 11 is 7.43. The normalized spacial score (nSPS) is 11.0. The molecule has 0 fully saturated rings. The van der Waals surface area contributed by atoms with Gasteiger partial charge >= 0.3 is 0 Å². The van der Waals surface area contributed by atoms with E-state index in [1.54, 1.807) is 29.8 Å². The molecule has 0 aliphatic rings. The summed E-state index contributed by atoms with van der Waals surface area (Å²) in [7, 11) is 0. The lowest BCUT2D eigenvalue weighted by Crippen LogP contribution is -2.07. The Morgan fingerprint density at radius 1 is 1.33 bits per heavy atom. The van der Waals surface area contributed by atoms with Crippen molar-refractivity contribution in [3.8, 4) is 0 Å². The molecule has 1 aromatic heterocycles. The third-order valence-electron chi connectivity index (χ3n) is 3.20. The van der Waals surface area contributed by atoms with Crippen molar-refractivity contribution in [2.24, 2.45) is 0 Å².